The lowest BCUT2D eigenvalue weighted by Crippen LogP contribution is -2.55. The number of likely N-dealkylation sites (N-methyl/N-ethyl adjacent to an activating group) is 1. The Morgan fingerprint density at radius 1 is 1.21 bits per heavy atom. The minimum Gasteiger partial charge on any atom is -0.598 e. The van der Waals surface area contributed by atoms with Crippen molar-refractivity contribution in [3.8, 4) is 0 Å². The SMILES string of the molecule is CN(C)CC(=O)N1[C@@H]2CC[C@H]1C[C@H]([C@H](Cc1ccccc1)N[S@@+]([O-])C(C)(C)C)C2. The molecule has 6 heteroatoms. The Morgan fingerprint density at radius 3 is 2.31 bits per heavy atom. The van der Waals surface area contributed by atoms with Gasteiger partial charge in [0.05, 0.1) is 12.6 Å². The molecule has 0 spiro atoms. The zero-order valence-electron chi connectivity index (χ0n) is 18.6. The van der Waals surface area contributed by atoms with Crippen LogP contribution in [0.3, 0.4) is 0 Å². The Bertz CT molecular complexity index is 662. The number of hydrogen-bond acceptors (Lipinski definition) is 4. The second-order valence-electron chi connectivity index (χ2n) is 9.95. The summed E-state index contributed by atoms with van der Waals surface area (Å²) < 4.78 is 16.1. The molecule has 0 saturated carbocycles. The van der Waals surface area contributed by atoms with Gasteiger partial charge in [0.25, 0.3) is 0 Å². The summed E-state index contributed by atoms with van der Waals surface area (Å²) in [5.41, 5.74) is 1.27. The summed E-state index contributed by atoms with van der Waals surface area (Å²) in [6, 6.07) is 11.3. The maximum absolute atomic E-state index is 12.9. The van der Waals surface area contributed by atoms with E-state index in [0.29, 0.717) is 24.5 Å². The van der Waals surface area contributed by atoms with Crippen molar-refractivity contribution in [3.63, 3.8) is 0 Å². The number of hydrogen-bond donors (Lipinski definition) is 1. The van der Waals surface area contributed by atoms with Crippen LogP contribution in [0.5, 0.6) is 0 Å². The highest BCUT2D eigenvalue weighted by Crippen LogP contribution is 2.41. The monoisotopic (exact) mass is 419 g/mol. The van der Waals surface area contributed by atoms with Gasteiger partial charge in [-0.1, -0.05) is 30.3 Å². The molecule has 162 valence electrons. The Kier molecular flexibility index (Phi) is 7.31. The molecule has 0 aromatic heterocycles. The van der Waals surface area contributed by atoms with Crippen LogP contribution >= 0.6 is 0 Å². The zero-order chi connectivity index (χ0) is 21.2. The summed E-state index contributed by atoms with van der Waals surface area (Å²) in [5, 5.41) is 0. The van der Waals surface area contributed by atoms with E-state index >= 15 is 0 Å². The molecule has 0 unspecified atom stereocenters. The molecule has 1 N–H and O–H groups in total. The van der Waals surface area contributed by atoms with Crippen LogP contribution in [0.2, 0.25) is 0 Å². The van der Waals surface area contributed by atoms with Crippen molar-refractivity contribution in [2.24, 2.45) is 5.92 Å². The Labute approximate surface area is 179 Å². The van der Waals surface area contributed by atoms with Crippen LogP contribution in [0, 0.1) is 5.92 Å². The molecule has 2 saturated heterocycles. The third-order valence-corrected chi connectivity index (χ3v) is 7.82. The van der Waals surface area contributed by atoms with Crippen molar-refractivity contribution in [3.05, 3.63) is 35.9 Å². The summed E-state index contributed by atoms with van der Waals surface area (Å²) in [4.78, 5) is 16.9. The summed E-state index contributed by atoms with van der Waals surface area (Å²) >= 11 is -1.11. The highest BCUT2D eigenvalue weighted by molar-refractivity contribution is 7.90. The lowest BCUT2D eigenvalue weighted by molar-refractivity contribution is -0.137. The van der Waals surface area contributed by atoms with Gasteiger partial charge in [0, 0.05) is 23.4 Å². The van der Waals surface area contributed by atoms with E-state index in [2.05, 4.69) is 33.9 Å². The van der Waals surface area contributed by atoms with Gasteiger partial charge in [0.2, 0.25) is 5.91 Å². The van der Waals surface area contributed by atoms with E-state index in [9.17, 15) is 9.35 Å². The number of carbonyl (C=O) groups excluding carboxylic acids is 1. The van der Waals surface area contributed by atoms with Crippen molar-refractivity contribution in [2.75, 3.05) is 20.6 Å². The molecule has 2 aliphatic heterocycles. The molecule has 5 atom stereocenters. The third kappa shape index (κ3) is 5.75. The van der Waals surface area contributed by atoms with Gasteiger partial charge in [0.15, 0.2) is 0 Å². The molecule has 0 radical (unpaired) electrons. The number of nitrogens with one attached hydrogen (secondary N) is 1. The fourth-order valence-electron chi connectivity index (χ4n) is 4.79. The van der Waals surface area contributed by atoms with Crippen molar-refractivity contribution in [1.29, 1.82) is 0 Å². The number of piperidine rings is 1. The minimum atomic E-state index is -1.11. The molecular weight excluding hydrogens is 382 g/mol. The van der Waals surface area contributed by atoms with Crippen LogP contribution in [-0.2, 0) is 22.6 Å². The highest BCUT2D eigenvalue weighted by atomic mass is 32.2. The van der Waals surface area contributed by atoms with Gasteiger partial charge in [-0.25, -0.2) is 0 Å². The average Bonchev–Trinajstić information content (AvgIpc) is 2.90. The number of fused-ring (bicyclic) bond motifs is 2. The molecule has 2 fully saturated rings. The van der Waals surface area contributed by atoms with E-state index in [1.807, 2.05) is 45.8 Å². The molecule has 2 bridgehead atoms. The number of nitrogens with zero attached hydrogens (tertiary/aromatic N) is 2. The first-order valence-electron chi connectivity index (χ1n) is 10.8. The minimum absolute atomic E-state index is 0.159. The third-order valence-electron chi connectivity index (χ3n) is 6.19. The van der Waals surface area contributed by atoms with Crippen molar-refractivity contribution < 1.29 is 9.35 Å². The Morgan fingerprint density at radius 2 is 1.79 bits per heavy atom. The smallest absolute Gasteiger partial charge is 0.237 e. The first-order chi connectivity index (χ1) is 13.6. The lowest BCUT2D eigenvalue weighted by Gasteiger charge is -2.42. The molecular formula is C23H37N3O2S. The van der Waals surface area contributed by atoms with Crippen LogP contribution in [0.15, 0.2) is 30.3 Å². The van der Waals surface area contributed by atoms with E-state index in [-0.39, 0.29) is 16.7 Å². The summed E-state index contributed by atoms with van der Waals surface area (Å²) in [6.45, 7) is 6.53. The normalized spacial score (nSPS) is 26.6. The van der Waals surface area contributed by atoms with Crippen LogP contribution in [-0.4, -0.2) is 63.8 Å². The van der Waals surface area contributed by atoms with Gasteiger partial charge in [-0.3, -0.25) is 4.79 Å². The summed E-state index contributed by atoms with van der Waals surface area (Å²) in [7, 11) is 3.91. The first kappa shape index (κ1) is 22.6. The topological polar surface area (TPSA) is 58.6 Å². The fraction of sp³-hybridized carbons (Fsp3) is 0.696. The maximum atomic E-state index is 12.9. The standard InChI is InChI=1S/C23H37N3O2S/c1-23(2,3)29(28)24-21(13-17-9-7-6-8-10-17)18-14-19-11-12-20(15-18)26(19)22(27)16-25(4)5/h6-10,18-21,24H,11-16H2,1-5H3/t18-,19-,20+,21-,29-/m0/s1. The van der Waals surface area contributed by atoms with Gasteiger partial charge in [-0.2, -0.15) is 0 Å². The van der Waals surface area contributed by atoms with Crippen molar-refractivity contribution in [2.45, 2.75) is 75.7 Å². The number of rotatable bonds is 7. The van der Waals surface area contributed by atoms with E-state index in [1.54, 1.807) is 0 Å². The maximum Gasteiger partial charge on any atom is 0.237 e. The lowest BCUT2D eigenvalue weighted by atomic mass is 9.82. The molecule has 0 aliphatic carbocycles. The summed E-state index contributed by atoms with van der Waals surface area (Å²) in [5.74, 6) is 0.689. The average molecular weight is 420 g/mol. The first-order valence-corrected chi connectivity index (χ1v) is 12.0. The van der Waals surface area contributed by atoms with E-state index in [0.717, 1.165) is 32.1 Å². The molecule has 3 rings (SSSR count). The van der Waals surface area contributed by atoms with Gasteiger partial charge in [-0.15, -0.1) is 4.72 Å². The van der Waals surface area contributed by atoms with E-state index in [1.165, 1.54) is 5.56 Å². The number of amides is 1. The molecule has 1 aromatic carbocycles. The molecule has 29 heavy (non-hydrogen) atoms. The van der Waals surface area contributed by atoms with Crippen LogP contribution < -0.4 is 4.72 Å². The van der Waals surface area contributed by atoms with Crippen molar-refractivity contribution in [1.82, 2.24) is 14.5 Å². The predicted molar refractivity (Wildman–Crippen MR) is 120 cm³/mol. The largest absolute Gasteiger partial charge is 0.598 e. The number of carbonyl (C=O) groups is 1. The molecule has 5 nitrogen and oxygen atoms in total. The van der Waals surface area contributed by atoms with Gasteiger partial charge in [0.1, 0.15) is 4.75 Å². The quantitative estimate of drug-likeness (QED) is 0.691. The Hall–Kier alpha value is -1.08. The van der Waals surface area contributed by atoms with Gasteiger partial charge < -0.3 is 14.4 Å². The van der Waals surface area contributed by atoms with Crippen LogP contribution in [0.4, 0.5) is 0 Å². The highest BCUT2D eigenvalue weighted by Gasteiger charge is 2.46. The van der Waals surface area contributed by atoms with E-state index in [4.69, 9.17) is 0 Å². The van der Waals surface area contributed by atoms with Crippen molar-refractivity contribution >= 4 is 17.3 Å². The Balaban J connectivity index is 1.74. The zero-order valence-corrected chi connectivity index (χ0v) is 19.4. The summed E-state index contributed by atoms with van der Waals surface area (Å²) in [6.07, 6.45) is 5.07. The molecule has 1 aromatic rings. The van der Waals surface area contributed by atoms with Crippen LogP contribution in [0.1, 0.15) is 52.0 Å². The fourth-order valence-corrected chi connectivity index (χ4v) is 5.70. The second kappa shape index (κ2) is 9.38. The second-order valence-corrected chi connectivity index (χ2v) is 11.9. The molecule has 2 aliphatic rings. The van der Waals surface area contributed by atoms with Gasteiger partial charge in [-0.05, 0) is 78.5 Å². The molecule has 1 amide bonds. The van der Waals surface area contributed by atoms with Crippen LogP contribution in [0.25, 0.3) is 0 Å². The number of benzene rings is 1. The predicted octanol–water partition coefficient (Wildman–Crippen LogP) is 2.98. The molecule has 2 heterocycles. The van der Waals surface area contributed by atoms with Gasteiger partial charge >= 0.3 is 0 Å². The van der Waals surface area contributed by atoms with E-state index < -0.39 is 11.4 Å².